The lowest BCUT2D eigenvalue weighted by molar-refractivity contribution is -0.123. The summed E-state index contributed by atoms with van der Waals surface area (Å²) in [5.74, 6) is 1.37. The van der Waals surface area contributed by atoms with Crippen LogP contribution in [0, 0.1) is 11.8 Å². The Morgan fingerprint density at radius 3 is 2.58 bits per heavy atom. The summed E-state index contributed by atoms with van der Waals surface area (Å²) in [4.78, 5) is 12.5. The molecule has 1 nitrogen and oxygen atoms in total. The number of Topliss-reactive ketones (excluding diaryl/α,β-unsaturated/α-hetero) is 1. The molecule has 0 aliphatic heterocycles. The zero-order chi connectivity index (χ0) is 13.2. The highest BCUT2D eigenvalue weighted by molar-refractivity contribution is 6.30. The predicted molar refractivity (Wildman–Crippen MR) is 79.1 cm³/mol. The Morgan fingerprint density at radius 2 is 1.79 bits per heavy atom. The van der Waals surface area contributed by atoms with E-state index in [0.29, 0.717) is 17.6 Å². The van der Waals surface area contributed by atoms with Gasteiger partial charge < -0.3 is 0 Å². The summed E-state index contributed by atoms with van der Waals surface area (Å²) < 4.78 is 0. The number of rotatable bonds is 1. The molecule has 0 heterocycles. The summed E-state index contributed by atoms with van der Waals surface area (Å²) in [6, 6.07) is 7.72. The third-order valence-corrected chi connectivity index (χ3v) is 4.81. The number of ketones is 1. The number of benzene rings is 1. The molecule has 0 radical (unpaired) electrons. The Hall–Kier alpha value is -1.08. The van der Waals surface area contributed by atoms with Gasteiger partial charge in [-0.3, -0.25) is 4.79 Å². The number of halogens is 1. The van der Waals surface area contributed by atoms with Crippen molar-refractivity contribution in [2.75, 3.05) is 0 Å². The molecule has 2 heteroatoms. The minimum atomic E-state index is 0.307. The molecule has 0 aromatic heterocycles. The average Bonchev–Trinajstić information content (AvgIpc) is 2.45. The topological polar surface area (TPSA) is 17.1 Å². The van der Waals surface area contributed by atoms with Crippen molar-refractivity contribution >= 4 is 23.5 Å². The molecule has 2 aliphatic rings. The lowest BCUT2D eigenvalue weighted by Crippen LogP contribution is -2.32. The Kier molecular flexibility index (Phi) is 3.74. The van der Waals surface area contributed by atoms with Crippen molar-refractivity contribution in [2.45, 2.75) is 38.5 Å². The van der Waals surface area contributed by atoms with E-state index in [1.165, 1.54) is 25.7 Å². The maximum atomic E-state index is 12.5. The molecule has 2 aliphatic carbocycles. The van der Waals surface area contributed by atoms with E-state index >= 15 is 0 Å². The van der Waals surface area contributed by atoms with Crippen LogP contribution >= 0.6 is 11.6 Å². The maximum absolute atomic E-state index is 12.5. The number of fused-ring (bicyclic) bond motifs is 1. The van der Waals surface area contributed by atoms with E-state index in [1.54, 1.807) is 0 Å². The number of hydrogen-bond donors (Lipinski definition) is 0. The Labute approximate surface area is 119 Å². The molecule has 0 saturated heterocycles. The number of allylic oxidation sites excluding steroid dienone is 1. The zero-order valence-electron chi connectivity index (χ0n) is 11.1. The second kappa shape index (κ2) is 5.50. The summed E-state index contributed by atoms with van der Waals surface area (Å²) in [5, 5.41) is 0.740. The number of carbonyl (C=O) groups is 1. The number of carbonyl (C=O) groups excluding carboxylic acids is 1. The largest absolute Gasteiger partial charge is 0.294 e. The van der Waals surface area contributed by atoms with E-state index in [4.69, 9.17) is 11.6 Å². The standard InChI is InChI=1S/C17H19ClO/c18-15-9-5-12(6-10-15)11-14-8-7-13-3-1-2-4-16(13)17(14)19/h5-6,9-11,13,16H,1-4,7-8H2. The van der Waals surface area contributed by atoms with Gasteiger partial charge in [0.2, 0.25) is 0 Å². The van der Waals surface area contributed by atoms with Gasteiger partial charge in [-0.05, 0) is 60.9 Å². The fourth-order valence-electron chi connectivity index (χ4n) is 3.50. The van der Waals surface area contributed by atoms with Crippen molar-refractivity contribution in [3.05, 3.63) is 40.4 Å². The van der Waals surface area contributed by atoms with Crippen molar-refractivity contribution in [3.8, 4) is 0 Å². The maximum Gasteiger partial charge on any atom is 0.162 e. The molecule has 0 N–H and O–H groups in total. The van der Waals surface area contributed by atoms with Crippen LogP contribution in [0.1, 0.15) is 44.1 Å². The molecule has 0 spiro atoms. The lowest BCUT2D eigenvalue weighted by Gasteiger charge is -2.35. The van der Waals surface area contributed by atoms with Gasteiger partial charge in [0.15, 0.2) is 5.78 Å². The van der Waals surface area contributed by atoms with Crippen molar-refractivity contribution in [2.24, 2.45) is 11.8 Å². The first-order valence-corrected chi connectivity index (χ1v) is 7.62. The van der Waals surface area contributed by atoms with Gasteiger partial charge in [0.05, 0.1) is 0 Å². The van der Waals surface area contributed by atoms with Crippen LogP contribution < -0.4 is 0 Å². The lowest BCUT2D eigenvalue weighted by atomic mass is 9.68. The molecule has 2 fully saturated rings. The minimum Gasteiger partial charge on any atom is -0.294 e. The van der Waals surface area contributed by atoms with E-state index in [2.05, 4.69) is 6.08 Å². The van der Waals surface area contributed by atoms with Gasteiger partial charge in [0, 0.05) is 10.9 Å². The molecule has 2 saturated carbocycles. The van der Waals surface area contributed by atoms with Crippen LogP contribution in [0.25, 0.3) is 6.08 Å². The summed E-state index contributed by atoms with van der Waals surface area (Å²) >= 11 is 5.89. The monoisotopic (exact) mass is 274 g/mol. The summed E-state index contributed by atoms with van der Waals surface area (Å²) in [5.41, 5.74) is 2.10. The molecular formula is C17H19ClO. The van der Waals surface area contributed by atoms with Crippen LogP contribution in [-0.2, 0) is 4.79 Å². The zero-order valence-corrected chi connectivity index (χ0v) is 11.8. The van der Waals surface area contributed by atoms with E-state index in [0.717, 1.165) is 29.0 Å². The Bertz CT molecular complexity index is 500. The van der Waals surface area contributed by atoms with E-state index in [9.17, 15) is 4.79 Å². The Balaban J connectivity index is 1.81. The summed E-state index contributed by atoms with van der Waals surface area (Å²) in [6.45, 7) is 0. The van der Waals surface area contributed by atoms with Crippen LogP contribution in [0.3, 0.4) is 0 Å². The van der Waals surface area contributed by atoms with Gasteiger partial charge in [-0.15, -0.1) is 0 Å². The van der Waals surface area contributed by atoms with E-state index in [1.807, 2.05) is 24.3 Å². The molecular weight excluding hydrogens is 256 g/mol. The molecule has 1 aromatic carbocycles. The number of hydrogen-bond acceptors (Lipinski definition) is 1. The highest BCUT2D eigenvalue weighted by Crippen LogP contribution is 2.40. The fraction of sp³-hybridized carbons (Fsp3) is 0.471. The van der Waals surface area contributed by atoms with Crippen molar-refractivity contribution in [1.82, 2.24) is 0 Å². The van der Waals surface area contributed by atoms with E-state index in [-0.39, 0.29) is 0 Å². The third kappa shape index (κ3) is 2.76. The Morgan fingerprint density at radius 1 is 1.05 bits per heavy atom. The second-order valence-electron chi connectivity index (χ2n) is 5.78. The van der Waals surface area contributed by atoms with Gasteiger partial charge in [0.1, 0.15) is 0 Å². The van der Waals surface area contributed by atoms with E-state index < -0.39 is 0 Å². The molecule has 3 rings (SSSR count). The first kappa shape index (κ1) is 12.9. The molecule has 1 aromatic rings. The molecule has 19 heavy (non-hydrogen) atoms. The molecule has 2 unspecified atom stereocenters. The van der Waals surface area contributed by atoms with Crippen LogP contribution in [-0.4, -0.2) is 5.78 Å². The third-order valence-electron chi connectivity index (χ3n) is 4.56. The molecule has 100 valence electrons. The fourth-order valence-corrected chi connectivity index (χ4v) is 3.63. The van der Waals surface area contributed by atoms with Crippen LogP contribution in [0.15, 0.2) is 29.8 Å². The van der Waals surface area contributed by atoms with Crippen molar-refractivity contribution < 1.29 is 4.79 Å². The van der Waals surface area contributed by atoms with Gasteiger partial charge in [-0.2, -0.15) is 0 Å². The first-order chi connectivity index (χ1) is 9.24. The minimum absolute atomic E-state index is 0.307. The molecule has 0 bridgehead atoms. The normalized spacial score (nSPS) is 29.3. The van der Waals surface area contributed by atoms with Crippen molar-refractivity contribution in [3.63, 3.8) is 0 Å². The first-order valence-electron chi connectivity index (χ1n) is 7.24. The highest BCUT2D eigenvalue weighted by atomic mass is 35.5. The average molecular weight is 275 g/mol. The summed E-state index contributed by atoms with van der Waals surface area (Å²) in [6.07, 6.45) is 9.08. The molecule has 0 amide bonds. The molecule has 2 atom stereocenters. The van der Waals surface area contributed by atoms with Crippen molar-refractivity contribution in [1.29, 1.82) is 0 Å². The SMILES string of the molecule is O=C1C(=Cc2ccc(Cl)cc2)CCC2CCCCC12. The van der Waals surface area contributed by atoms with Gasteiger partial charge in [0.25, 0.3) is 0 Å². The summed E-state index contributed by atoms with van der Waals surface area (Å²) in [7, 11) is 0. The van der Waals surface area contributed by atoms with Crippen LogP contribution in [0.5, 0.6) is 0 Å². The van der Waals surface area contributed by atoms with Gasteiger partial charge >= 0.3 is 0 Å². The van der Waals surface area contributed by atoms with Crippen LogP contribution in [0.2, 0.25) is 5.02 Å². The quantitative estimate of drug-likeness (QED) is 0.666. The van der Waals surface area contributed by atoms with Gasteiger partial charge in [-0.25, -0.2) is 0 Å². The van der Waals surface area contributed by atoms with Crippen LogP contribution in [0.4, 0.5) is 0 Å². The highest BCUT2D eigenvalue weighted by Gasteiger charge is 2.35. The predicted octanol–water partition coefficient (Wildman–Crippen LogP) is 4.89. The second-order valence-corrected chi connectivity index (χ2v) is 6.21. The van der Waals surface area contributed by atoms with Gasteiger partial charge in [-0.1, -0.05) is 36.6 Å². The smallest absolute Gasteiger partial charge is 0.162 e.